The summed E-state index contributed by atoms with van der Waals surface area (Å²) in [6.07, 6.45) is 2.79. The summed E-state index contributed by atoms with van der Waals surface area (Å²) in [6.45, 7) is 0. The zero-order valence-corrected chi connectivity index (χ0v) is 6.52. The zero-order valence-electron chi connectivity index (χ0n) is 5.77. The van der Waals surface area contributed by atoms with Crippen molar-refractivity contribution in [3.8, 4) is 6.07 Å². The molecule has 0 bridgehead atoms. The van der Waals surface area contributed by atoms with Crippen LogP contribution in [0.4, 0.5) is 0 Å². The van der Waals surface area contributed by atoms with E-state index in [0.717, 1.165) is 0 Å². The predicted octanol–water partition coefficient (Wildman–Crippen LogP) is 0.649. The van der Waals surface area contributed by atoms with E-state index in [1.165, 1.54) is 17.0 Å². The Balaban J connectivity index is 2.89. The summed E-state index contributed by atoms with van der Waals surface area (Å²) in [4.78, 5) is 0. The van der Waals surface area contributed by atoms with E-state index in [4.69, 9.17) is 16.9 Å². The standard InChI is InChI=1S/C6H2ClN5/c7-5-4(1-8)2-10-12-3-9-11-6(5)12/h2-3H. The Morgan fingerprint density at radius 3 is 3.17 bits per heavy atom. The minimum atomic E-state index is 0.282. The van der Waals surface area contributed by atoms with E-state index in [9.17, 15) is 0 Å². The Kier molecular flexibility index (Phi) is 1.42. The van der Waals surface area contributed by atoms with Crippen LogP contribution in [0.25, 0.3) is 5.65 Å². The van der Waals surface area contributed by atoms with Crippen LogP contribution >= 0.6 is 11.6 Å². The lowest BCUT2D eigenvalue weighted by Crippen LogP contribution is -1.92. The number of hydrogen-bond acceptors (Lipinski definition) is 4. The van der Waals surface area contributed by atoms with Gasteiger partial charge in [-0.1, -0.05) is 11.6 Å². The number of nitriles is 1. The van der Waals surface area contributed by atoms with E-state index < -0.39 is 0 Å². The van der Waals surface area contributed by atoms with E-state index in [2.05, 4.69) is 15.3 Å². The van der Waals surface area contributed by atoms with Crippen LogP contribution in [0.2, 0.25) is 5.02 Å². The molecule has 5 nitrogen and oxygen atoms in total. The predicted molar refractivity (Wildman–Crippen MR) is 40.5 cm³/mol. The van der Waals surface area contributed by atoms with Gasteiger partial charge in [-0.05, 0) is 0 Å². The molecule has 0 saturated carbocycles. The normalized spacial score (nSPS) is 10.0. The lowest BCUT2D eigenvalue weighted by molar-refractivity contribution is 0.923. The second-order valence-corrected chi connectivity index (χ2v) is 2.46. The molecule has 0 unspecified atom stereocenters. The van der Waals surface area contributed by atoms with Gasteiger partial charge in [0.2, 0.25) is 0 Å². The molecule has 6 heteroatoms. The number of nitrogens with zero attached hydrogens (tertiary/aromatic N) is 5. The van der Waals surface area contributed by atoms with Gasteiger partial charge in [-0.3, -0.25) is 0 Å². The fourth-order valence-corrected chi connectivity index (χ4v) is 1.05. The fourth-order valence-electron chi connectivity index (χ4n) is 0.834. The molecule has 2 rings (SSSR count). The van der Waals surface area contributed by atoms with Gasteiger partial charge in [0.15, 0.2) is 5.65 Å². The minimum absolute atomic E-state index is 0.282. The highest BCUT2D eigenvalue weighted by atomic mass is 35.5. The second-order valence-electron chi connectivity index (χ2n) is 2.08. The first-order chi connectivity index (χ1) is 5.83. The first kappa shape index (κ1) is 7.00. The highest BCUT2D eigenvalue weighted by Crippen LogP contribution is 2.17. The van der Waals surface area contributed by atoms with Crippen LogP contribution in [0.1, 0.15) is 5.56 Å². The zero-order chi connectivity index (χ0) is 8.55. The largest absolute Gasteiger partial charge is 0.199 e. The molecule has 0 saturated heterocycles. The highest BCUT2D eigenvalue weighted by Gasteiger charge is 2.07. The molecule has 2 aromatic rings. The van der Waals surface area contributed by atoms with Crippen LogP contribution in [0.3, 0.4) is 0 Å². The molecule has 0 spiro atoms. The van der Waals surface area contributed by atoms with Crippen molar-refractivity contribution in [2.75, 3.05) is 0 Å². The molecule has 0 aliphatic carbocycles. The summed E-state index contributed by atoms with van der Waals surface area (Å²) >= 11 is 5.80. The van der Waals surface area contributed by atoms with Crippen LogP contribution in [0.5, 0.6) is 0 Å². The molecule has 12 heavy (non-hydrogen) atoms. The van der Waals surface area contributed by atoms with Crippen LogP contribution < -0.4 is 0 Å². The Hall–Kier alpha value is -1.67. The third kappa shape index (κ3) is 0.822. The molecular formula is C6H2ClN5. The lowest BCUT2D eigenvalue weighted by atomic mass is 10.3. The average molecular weight is 180 g/mol. The van der Waals surface area contributed by atoms with Crippen molar-refractivity contribution in [3.05, 3.63) is 23.1 Å². The fraction of sp³-hybridized carbons (Fsp3) is 0. The number of halogens is 1. The smallest absolute Gasteiger partial charge is 0.197 e. The Morgan fingerprint density at radius 1 is 1.58 bits per heavy atom. The minimum Gasteiger partial charge on any atom is -0.199 e. The third-order valence-electron chi connectivity index (χ3n) is 1.39. The number of hydrogen-bond donors (Lipinski definition) is 0. The molecule has 0 aliphatic heterocycles. The molecule has 0 atom stereocenters. The van der Waals surface area contributed by atoms with Crippen molar-refractivity contribution in [1.29, 1.82) is 5.26 Å². The molecule has 2 heterocycles. The van der Waals surface area contributed by atoms with Crippen molar-refractivity contribution >= 4 is 17.2 Å². The summed E-state index contributed by atoms with van der Waals surface area (Å²) in [5.41, 5.74) is 0.702. The van der Waals surface area contributed by atoms with E-state index >= 15 is 0 Å². The first-order valence-electron chi connectivity index (χ1n) is 3.07. The maximum atomic E-state index is 8.58. The quantitative estimate of drug-likeness (QED) is 0.596. The molecule has 58 valence electrons. The van der Waals surface area contributed by atoms with Crippen LogP contribution in [0.15, 0.2) is 12.5 Å². The molecule has 0 amide bonds. The van der Waals surface area contributed by atoms with Gasteiger partial charge in [0.05, 0.1) is 11.8 Å². The summed E-state index contributed by atoms with van der Waals surface area (Å²) < 4.78 is 1.41. The topological polar surface area (TPSA) is 66.9 Å². The Morgan fingerprint density at radius 2 is 2.42 bits per heavy atom. The first-order valence-corrected chi connectivity index (χ1v) is 3.45. The van der Waals surface area contributed by atoms with Gasteiger partial charge in [-0.2, -0.15) is 14.9 Å². The van der Waals surface area contributed by atoms with Crippen LogP contribution in [-0.4, -0.2) is 19.8 Å². The molecule has 0 fully saturated rings. The SMILES string of the molecule is N#Cc1cnn2cnnc2c1Cl. The number of aromatic nitrogens is 4. The average Bonchev–Trinajstić information content (AvgIpc) is 2.53. The Labute approximate surface area is 72.2 Å². The lowest BCUT2D eigenvalue weighted by Gasteiger charge is -1.93. The summed E-state index contributed by atoms with van der Waals surface area (Å²) in [5, 5.41) is 20.0. The maximum absolute atomic E-state index is 8.58. The van der Waals surface area contributed by atoms with Gasteiger partial charge in [0.1, 0.15) is 17.4 Å². The number of rotatable bonds is 0. The van der Waals surface area contributed by atoms with Crippen molar-refractivity contribution in [3.63, 3.8) is 0 Å². The molecule has 0 aromatic carbocycles. The van der Waals surface area contributed by atoms with E-state index in [1.807, 2.05) is 6.07 Å². The second kappa shape index (κ2) is 2.43. The monoisotopic (exact) mass is 179 g/mol. The highest BCUT2D eigenvalue weighted by molar-refractivity contribution is 6.34. The van der Waals surface area contributed by atoms with Gasteiger partial charge in [0.25, 0.3) is 0 Å². The summed E-state index contributed by atoms with van der Waals surface area (Å²) in [7, 11) is 0. The van der Waals surface area contributed by atoms with Gasteiger partial charge < -0.3 is 0 Å². The van der Waals surface area contributed by atoms with Gasteiger partial charge >= 0.3 is 0 Å². The Bertz CT molecular complexity index is 468. The van der Waals surface area contributed by atoms with Crippen LogP contribution in [0, 0.1) is 11.3 Å². The van der Waals surface area contributed by atoms with Gasteiger partial charge in [0, 0.05) is 0 Å². The van der Waals surface area contributed by atoms with Crippen molar-refractivity contribution < 1.29 is 0 Å². The summed E-state index contributed by atoms with van der Waals surface area (Å²) in [5.74, 6) is 0. The molecule has 0 aliphatic rings. The maximum Gasteiger partial charge on any atom is 0.197 e. The van der Waals surface area contributed by atoms with E-state index in [1.54, 1.807) is 0 Å². The molecule has 0 N–H and O–H groups in total. The van der Waals surface area contributed by atoms with Gasteiger partial charge in [-0.25, -0.2) is 0 Å². The molecule has 2 aromatic heterocycles. The summed E-state index contributed by atoms with van der Waals surface area (Å²) in [6, 6.07) is 1.90. The molecular weight excluding hydrogens is 178 g/mol. The van der Waals surface area contributed by atoms with E-state index in [-0.39, 0.29) is 5.02 Å². The van der Waals surface area contributed by atoms with Crippen LogP contribution in [-0.2, 0) is 0 Å². The van der Waals surface area contributed by atoms with Crippen molar-refractivity contribution in [2.24, 2.45) is 0 Å². The molecule has 0 radical (unpaired) electrons. The number of fused-ring (bicyclic) bond motifs is 1. The van der Waals surface area contributed by atoms with E-state index in [0.29, 0.717) is 11.2 Å². The van der Waals surface area contributed by atoms with Crippen molar-refractivity contribution in [2.45, 2.75) is 0 Å². The van der Waals surface area contributed by atoms with Gasteiger partial charge in [-0.15, -0.1) is 10.2 Å². The third-order valence-corrected chi connectivity index (χ3v) is 1.77. The van der Waals surface area contributed by atoms with Crippen molar-refractivity contribution in [1.82, 2.24) is 19.8 Å².